The molecule has 1 aromatic carbocycles. The van der Waals surface area contributed by atoms with Crippen molar-refractivity contribution in [3.8, 4) is 5.75 Å². The third-order valence-corrected chi connectivity index (χ3v) is 7.07. The zero-order valence-electron chi connectivity index (χ0n) is 20.6. The molecule has 3 N–H and O–H groups in total. The largest absolute Gasteiger partial charge is 0.494 e. The van der Waals surface area contributed by atoms with Crippen LogP contribution >= 0.6 is 0 Å². The van der Waals surface area contributed by atoms with Gasteiger partial charge in [0.05, 0.1) is 7.11 Å². The van der Waals surface area contributed by atoms with Crippen molar-refractivity contribution in [2.45, 2.75) is 70.9 Å². The Morgan fingerprint density at radius 1 is 1.06 bits per heavy atom. The number of halogens is 1. The van der Waals surface area contributed by atoms with Crippen LogP contribution in [0.15, 0.2) is 18.2 Å². The molecular weight excluding hydrogens is 433 g/mol. The number of methoxy groups -OCH3 is 1. The highest BCUT2D eigenvalue weighted by molar-refractivity contribution is 5.57. The molecule has 2 aliphatic rings. The van der Waals surface area contributed by atoms with Gasteiger partial charge in [0.25, 0.3) is 0 Å². The Bertz CT molecular complexity index is 937. The van der Waals surface area contributed by atoms with Crippen molar-refractivity contribution in [3.05, 3.63) is 24.0 Å². The number of hydrogen-bond acceptors (Lipinski definition) is 8. The highest BCUT2D eigenvalue weighted by Gasteiger charge is 2.28. The standard InChI is InChI=1S/C25H38FN7O/c1-4-33-14-8-11-21(33)17(2)28-24-30-23(27-16-18-9-6-5-7-10-18)31-25(32-24)29-19-12-13-22(34-3)20(26)15-19/h12-13,15,17-18,21H,4-11,14,16H2,1-3H3,(H3,27,28,29,30,31,32)/t17-,21?/m1/s1. The molecule has 0 radical (unpaired) electrons. The van der Waals surface area contributed by atoms with Crippen LogP contribution in [-0.4, -0.2) is 58.7 Å². The van der Waals surface area contributed by atoms with Crippen LogP contribution in [0.25, 0.3) is 0 Å². The van der Waals surface area contributed by atoms with Crippen LogP contribution in [0.5, 0.6) is 5.75 Å². The van der Waals surface area contributed by atoms with Crippen molar-refractivity contribution in [2.75, 3.05) is 42.7 Å². The lowest BCUT2D eigenvalue weighted by Gasteiger charge is -2.29. The molecular formula is C25H38FN7O. The fourth-order valence-electron chi connectivity index (χ4n) is 5.19. The first-order valence-electron chi connectivity index (χ1n) is 12.7. The monoisotopic (exact) mass is 471 g/mol. The molecule has 1 aliphatic carbocycles. The molecule has 186 valence electrons. The molecule has 8 nitrogen and oxygen atoms in total. The molecule has 1 aliphatic heterocycles. The average molecular weight is 472 g/mol. The van der Waals surface area contributed by atoms with Crippen molar-refractivity contribution < 1.29 is 9.13 Å². The molecule has 2 atom stereocenters. The summed E-state index contributed by atoms with van der Waals surface area (Å²) in [6.45, 7) is 7.41. The number of rotatable bonds is 10. The number of anilines is 4. The lowest BCUT2D eigenvalue weighted by molar-refractivity contribution is 0.249. The fourth-order valence-corrected chi connectivity index (χ4v) is 5.19. The molecule has 0 amide bonds. The van der Waals surface area contributed by atoms with Crippen LogP contribution in [0.1, 0.15) is 58.8 Å². The SMILES string of the molecule is CCN1CCCC1[C@@H](C)Nc1nc(NCC2CCCCC2)nc(Nc2ccc(OC)c(F)c2)n1. The van der Waals surface area contributed by atoms with E-state index in [1.807, 2.05) is 0 Å². The van der Waals surface area contributed by atoms with Crippen LogP contribution in [-0.2, 0) is 0 Å². The minimum absolute atomic E-state index is 0.197. The predicted molar refractivity (Wildman–Crippen MR) is 134 cm³/mol. The summed E-state index contributed by atoms with van der Waals surface area (Å²) >= 11 is 0. The Balaban J connectivity index is 1.52. The molecule has 1 unspecified atom stereocenters. The number of likely N-dealkylation sites (tertiary alicyclic amines) is 1. The van der Waals surface area contributed by atoms with Crippen LogP contribution in [0.4, 0.5) is 27.9 Å². The third-order valence-electron chi connectivity index (χ3n) is 7.07. The Kier molecular flexibility index (Phi) is 8.37. The van der Waals surface area contributed by atoms with E-state index in [4.69, 9.17) is 4.74 Å². The summed E-state index contributed by atoms with van der Waals surface area (Å²) in [6.07, 6.45) is 8.77. The van der Waals surface area contributed by atoms with E-state index in [9.17, 15) is 4.39 Å². The van der Waals surface area contributed by atoms with Crippen molar-refractivity contribution in [1.29, 1.82) is 0 Å². The average Bonchev–Trinajstić information content (AvgIpc) is 3.33. The van der Waals surface area contributed by atoms with Gasteiger partial charge in [0, 0.05) is 30.4 Å². The smallest absolute Gasteiger partial charge is 0.233 e. The van der Waals surface area contributed by atoms with E-state index < -0.39 is 5.82 Å². The van der Waals surface area contributed by atoms with E-state index in [1.54, 1.807) is 12.1 Å². The van der Waals surface area contributed by atoms with Crippen LogP contribution in [0, 0.1) is 11.7 Å². The summed E-state index contributed by atoms with van der Waals surface area (Å²) < 4.78 is 19.2. The van der Waals surface area contributed by atoms with Crippen LogP contribution in [0.3, 0.4) is 0 Å². The Morgan fingerprint density at radius 2 is 1.82 bits per heavy atom. The van der Waals surface area contributed by atoms with Gasteiger partial charge in [-0.15, -0.1) is 0 Å². The van der Waals surface area contributed by atoms with E-state index in [-0.39, 0.29) is 11.8 Å². The van der Waals surface area contributed by atoms with E-state index in [2.05, 4.69) is 49.6 Å². The maximum Gasteiger partial charge on any atom is 0.233 e. The van der Waals surface area contributed by atoms with Gasteiger partial charge in [0.2, 0.25) is 17.8 Å². The van der Waals surface area contributed by atoms with Gasteiger partial charge >= 0.3 is 0 Å². The first kappa shape index (κ1) is 24.4. The molecule has 0 bridgehead atoms. The number of nitrogens with one attached hydrogen (secondary N) is 3. The first-order valence-corrected chi connectivity index (χ1v) is 12.7. The van der Waals surface area contributed by atoms with Crippen LogP contribution in [0.2, 0.25) is 0 Å². The summed E-state index contributed by atoms with van der Waals surface area (Å²) in [5.41, 5.74) is 0.551. The Morgan fingerprint density at radius 3 is 2.56 bits per heavy atom. The van der Waals surface area contributed by atoms with Crippen molar-refractivity contribution in [1.82, 2.24) is 19.9 Å². The molecule has 2 heterocycles. The Hall–Kier alpha value is -2.68. The van der Waals surface area contributed by atoms with Gasteiger partial charge in [0.15, 0.2) is 11.6 Å². The molecule has 2 fully saturated rings. The second-order valence-electron chi connectivity index (χ2n) is 9.44. The van der Waals surface area contributed by atoms with E-state index in [0.29, 0.717) is 35.5 Å². The lowest BCUT2D eigenvalue weighted by atomic mass is 9.89. The summed E-state index contributed by atoms with van der Waals surface area (Å²) in [5.74, 6) is 1.83. The van der Waals surface area contributed by atoms with Crippen molar-refractivity contribution in [3.63, 3.8) is 0 Å². The molecule has 9 heteroatoms. The van der Waals surface area contributed by atoms with Crippen LogP contribution < -0.4 is 20.7 Å². The van der Waals surface area contributed by atoms with Gasteiger partial charge in [-0.2, -0.15) is 15.0 Å². The van der Waals surface area contributed by atoms with Gasteiger partial charge in [0.1, 0.15) is 0 Å². The second-order valence-corrected chi connectivity index (χ2v) is 9.44. The maximum atomic E-state index is 14.2. The maximum absolute atomic E-state index is 14.2. The summed E-state index contributed by atoms with van der Waals surface area (Å²) in [5, 5.41) is 10.1. The quantitative estimate of drug-likeness (QED) is 0.444. The van der Waals surface area contributed by atoms with Gasteiger partial charge in [-0.05, 0) is 63.7 Å². The summed E-state index contributed by atoms with van der Waals surface area (Å²) in [7, 11) is 1.45. The number of hydrogen-bond donors (Lipinski definition) is 3. The van der Waals surface area contributed by atoms with E-state index >= 15 is 0 Å². The Labute approximate surface area is 202 Å². The molecule has 1 aromatic heterocycles. The third kappa shape index (κ3) is 6.25. The second kappa shape index (κ2) is 11.6. The topological polar surface area (TPSA) is 87.2 Å². The highest BCUT2D eigenvalue weighted by atomic mass is 19.1. The fraction of sp³-hybridized carbons (Fsp3) is 0.640. The molecule has 1 saturated carbocycles. The minimum atomic E-state index is -0.440. The lowest BCUT2D eigenvalue weighted by Crippen LogP contribution is -2.41. The normalized spacial score (nSPS) is 20.2. The first-order chi connectivity index (χ1) is 16.6. The van der Waals surface area contributed by atoms with E-state index in [0.717, 1.165) is 26.1 Å². The number of benzene rings is 1. The summed E-state index contributed by atoms with van der Waals surface area (Å²) in [6, 6.07) is 5.36. The zero-order chi connectivity index (χ0) is 23.9. The van der Waals surface area contributed by atoms with E-state index in [1.165, 1.54) is 51.7 Å². The predicted octanol–water partition coefficient (Wildman–Crippen LogP) is 5.04. The molecule has 1 saturated heterocycles. The molecule has 4 rings (SSSR count). The molecule has 34 heavy (non-hydrogen) atoms. The number of likely N-dealkylation sites (N-methyl/N-ethyl adjacent to an activating group) is 1. The zero-order valence-corrected chi connectivity index (χ0v) is 20.6. The highest BCUT2D eigenvalue weighted by Crippen LogP contribution is 2.26. The number of nitrogens with zero attached hydrogens (tertiary/aromatic N) is 4. The summed E-state index contributed by atoms with van der Waals surface area (Å²) in [4.78, 5) is 16.3. The number of ether oxygens (including phenoxy) is 1. The molecule has 0 spiro atoms. The van der Waals surface area contributed by atoms with Gasteiger partial charge < -0.3 is 20.7 Å². The van der Waals surface area contributed by atoms with Gasteiger partial charge in [-0.25, -0.2) is 4.39 Å². The number of aromatic nitrogens is 3. The van der Waals surface area contributed by atoms with Crippen molar-refractivity contribution >= 4 is 23.5 Å². The molecule has 2 aromatic rings. The van der Waals surface area contributed by atoms with Gasteiger partial charge in [-0.3, -0.25) is 4.90 Å². The minimum Gasteiger partial charge on any atom is -0.494 e. The van der Waals surface area contributed by atoms with Gasteiger partial charge in [-0.1, -0.05) is 26.2 Å². The van der Waals surface area contributed by atoms with Crippen molar-refractivity contribution in [2.24, 2.45) is 5.92 Å².